The number of nitrogens with zero attached hydrogens (tertiary/aromatic N) is 2. The standard InChI is InChI=1S/C13H14FN3O2/c1-18-8-3-4-9(10(14)5-8)13(15)11-6-12(19-2)17-7-16-11/h3-7,13H,15H2,1-2H3. The summed E-state index contributed by atoms with van der Waals surface area (Å²) >= 11 is 0. The molecule has 6 heteroatoms. The van der Waals surface area contributed by atoms with Crippen LogP contribution in [0.5, 0.6) is 11.6 Å². The monoisotopic (exact) mass is 263 g/mol. The summed E-state index contributed by atoms with van der Waals surface area (Å²) in [5.74, 6) is 0.382. The topological polar surface area (TPSA) is 70.3 Å². The number of nitrogens with two attached hydrogens (primary N) is 1. The number of hydrogen-bond donors (Lipinski definition) is 1. The van der Waals surface area contributed by atoms with E-state index in [9.17, 15) is 4.39 Å². The van der Waals surface area contributed by atoms with Crippen LogP contribution in [0.15, 0.2) is 30.6 Å². The Morgan fingerprint density at radius 2 is 1.95 bits per heavy atom. The molecule has 0 saturated carbocycles. The fraction of sp³-hybridized carbons (Fsp3) is 0.231. The van der Waals surface area contributed by atoms with Crippen molar-refractivity contribution >= 4 is 0 Å². The molecule has 0 aliphatic rings. The Kier molecular flexibility index (Phi) is 3.91. The average molecular weight is 263 g/mol. The zero-order chi connectivity index (χ0) is 13.8. The molecular weight excluding hydrogens is 249 g/mol. The Labute approximate surface area is 110 Å². The van der Waals surface area contributed by atoms with Gasteiger partial charge >= 0.3 is 0 Å². The lowest BCUT2D eigenvalue weighted by atomic mass is 10.0. The SMILES string of the molecule is COc1ccc(C(N)c2cc(OC)ncn2)c(F)c1. The van der Waals surface area contributed by atoms with E-state index in [4.69, 9.17) is 15.2 Å². The van der Waals surface area contributed by atoms with Gasteiger partial charge in [0.25, 0.3) is 0 Å². The van der Waals surface area contributed by atoms with Crippen molar-refractivity contribution in [3.05, 3.63) is 47.7 Å². The zero-order valence-electron chi connectivity index (χ0n) is 10.6. The Morgan fingerprint density at radius 1 is 1.16 bits per heavy atom. The number of hydrogen-bond acceptors (Lipinski definition) is 5. The van der Waals surface area contributed by atoms with Gasteiger partial charge < -0.3 is 15.2 Å². The molecule has 100 valence electrons. The first-order chi connectivity index (χ1) is 9.15. The molecule has 2 N–H and O–H groups in total. The van der Waals surface area contributed by atoms with Crippen molar-refractivity contribution in [2.24, 2.45) is 5.73 Å². The van der Waals surface area contributed by atoms with Gasteiger partial charge in [-0.15, -0.1) is 0 Å². The van der Waals surface area contributed by atoms with E-state index in [0.717, 1.165) is 0 Å². The fourth-order valence-corrected chi connectivity index (χ4v) is 1.68. The molecule has 0 bridgehead atoms. The second-order valence-electron chi connectivity index (χ2n) is 3.85. The molecule has 1 unspecified atom stereocenters. The minimum absolute atomic E-state index is 0.335. The predicted octanol–water partition coefficient (Wildman–Crippen LogP) is 1.68. The van der Waals surface area contributed by atoms with Gasteiger partial charge in [0.1, 0.15) is 17.9 Å². The van der Waals surface area contributed by atoms with Gasteiger partial charge in [-0.25, -0.2) is 14.4 Å². The number of benzene rings is 1. The molecule has 0 saturated heterocycles. The fourth-order valence-electron chi connectivity index (χ4n) is 1.68. The van der Waals surface area contributed by atoms with E-state index in [1.54, 1.807) is 18.2 Å². The van der Waals surface area contributed by atoms with E-state index < -0.39 is 11.9 Å². The maximum atomic E-state index is 13.9. The van der Waals surface area contributed by atoms with E-state index in [-0.39, 0.29) is 0 Å². The molecule has 0 fully saturated rings. The van der Waals surface area contributed by atoms with Crippen LogP contribution in [-0.4, -0.2) is 24.2 Å². The zero-order valence-corrected chi connectivity index (χ0v) is 10.6. The highest BCUT2D eigenvalue weighted by Crippen LogP contribution is 2.25. The molecule has 1 atom stereocenters. The minimum Gasteiger partial charge on any atom is -0.497 e. The van der Waals surface area contributed by atoms with Gasteiger partial charge in [-0.1, -0.05) is 6.07 Å². The molecule has 0 aliphatic carbocycles. The lowest BCUT2D eigenvalue weighted by Crippen LogP contribution is -2.15. The second kappa shape index (κ2) is 5.62. The van der Waals surface area contributed by atoms with Crippen molar-refractivity contribution in [3.63, 3.8) is 0 Å². The first kappa shape index (κ1) is 13.2. The van der Waals surface area contributed by atoms with Gasteiger partial charge in [-0.05, 0) is 6.07 Å². The van der Waals surface area contributed by atoms with Crippen LogP contribution in [0.4, 0.5) is 4.39 Å². The summed E-state index contributed by atoms with van der Waals surface area (Å²) in [5, 5.41) is 0. The van der Waals surface area contributed by atoms with Gasteiger partial charge in [-0.3, -0.25) is 0 Å². The Balaban J connectivity index is 2.35. The third kappa shape index (κ3) is 2.79. The van der Waals surface area contributed by atoms with Crippen molar-refractivity contribution in [2.75, 3.05) is 14.2 Å². The maximum Gasteiger partial charge on any atom is 0.216 e. The van der Waals surface area contributed by atoms with Crippen molar-refractivity contribution in [1.82, 2.24) is 9.97 Å². The van der Waals surface area contributed by atoms with Crippen LogP contribution >= 0.6 is 0 Å². The maximum absolute atomic E-state index is 13.9. The smallest absolute Gasteiger partial charge is 0.216 e. The molecule has 0 aliphatic heterocycles. The van der Waals surface area contributed by atoms with E-state index >= 15 is 0 Å². The molecule has 0 radical (unpaired) electrons. The van der Waals surface area contributed by atoms with Gasteiger partial charge in [0.2, 0.25) is 5.88 Å². The number of rotatable bonds is 4. The highest BCUT2D eigenvalue weighted by atomic mass is 19.1. The number of aromatic nitrogens is 2. The first-order valence-corrected chi connectivity index (χ1v) is 5.60. The van der Waals surface area contributed by atoms with Gasteiger partial charge in [0, 0.05) is 17.7 Å². The van der Waals surface area contributed by atoms with E-state index in [2.05, 4.69) is 9.97 Å². The van der Waals surface area contributed by atoms with Crippen LogP contribution in [-0.2, 0) is 0 Å². The van der Waals surface area contributed by atoms with Crippen LogP contribution < -0.4 is 15.2 Å². The third-order valence-corrected chi connectivity index (χ3v) is 2.73. The van der Waals surface area contributed by atoms with Crippen molar-refractivity contribution < 1.29 is 13.9 Å². The molecule has 0 amide bonds. The molecule has 19 heavy (non-hydrogen) atoms. The Morgan fingerprint density at radius 3 is 2.58 bits per heavy atom. The van der Waals surface area contributed by atoms with Crippen LogP contribution in [0.1, 0.15) is 17.3 Å². The first-order valence-electron chi connectivity index (χ1n) is 5.60. The molecule has 1 heterocycles. The summed E-state index contributed by atoms with van der Waals surface area (Å²) in [6.45, 7) is 0. The molecule has 2 aromatic rings. The lowest BCUT2D eigenvalue weighted by Gasteiger charge is -2.13. The second-order valence-corrected chi connectivity index (χ2v) is 3.85. The summed E-state index contributed by atoms with van der Waals surface area (Å²) in [6, 6.07) is 5.40. The van der Waals surface area contributed by atoms with Crippen molar-refractivity contribution in [3.8, 4) is 11.6 Å². The highest BCUT2D eigenvalue weighted by Gasteiger charge is 2.16. The highest BCUT2D eigenvalue weighted by molar-refractivity contribution is 5.35. The number of ether oxygens (including phenoxy) is 2. The molecule has 1 aromatic heterocycles. The van der Waals surface area contributed by atoms with Crippen LogP contribution in [0.3, 0.4) is 0 Å². The summed E-state index contributed by atoms with van der Waals surface area (Å²) < 4.78 is 23.9. The third-order valence-electron chi connectivity index (χ3n) is 2.73. The van der Waals surface area contributed by atoms with Gasteiger partial charge in [-0.2, -0.15) is 0 Å². The molecule has 1 aromatic carbocycles. The lowest BCUT2D eigenvalue weighted by molar-refractivity contribution is 0.395. The molecular formula is C13H14FN3O2. The summed E-state index contributed by atoms with van der Waals surface area (Å²) in [5.41, 5.74) is 6.82. The summed E-state index contributed by atoms with van der Waals surface area (Å²) in [7, 11) is 2.97. The van der Waals surface area contributed by atoms with Gasteiger partial charge in [0.15, 0.2) is 0 Å². The van der Waals surface area contributed by atoms with E-state index in [1.807, 2.05) is 0 Å². The van der Waals surface area contributed by atoms with E-state index in [0.29, 0.717) is 22.9 Å². The largest absolute Gasteiger partial charge is 0.497 e. The normalized spacial score (nSPS) is 12.0. The van der Waals surface area contributed by atoms with Crippen molar-refractivity contribution in [2.45, 2.75) is 6.04 Å². The van der Waals surface area contributed by atoms with Crippen LogP contribution in [0.2, 0.25) is 0 Å². The predicted molar refractivity (Wildman–Crippen MR) is 67.6 cm³/mol. The van der Waals surface area contributed by atoms with Crippen molar-refractivity contribution in [1.29, 1.82) is 0 Å². The summed E-state index contributed by atoms with van der Waals surface area (Å²) in [6.07, 6.45) is 1.33. The molecule has 2 rings (SSSR count). The Bertz CT molecular complexity index is 578. The molecule has 5 nitrogen and oxygen atoms in total. The molecule has 0 spiro atoms. The Hall–Kier alpha value is -2.21. The van der Waals surface area contributed by atoms with E-state index in [1.165, 1.54) is 26.6 Å². The number of halogens is 1. The van der Waals surface area contributed by atoms with Crippen LogP contribution in [0.25, 0.3) is 0 Å². The van der Waals surface area contributed by atoms with Crippen LogP contribution in [0, 0.1) is 5.82 Å². The minimum atomic E-state index is -0.692. The summed E-state index contributed by atoms with van der Waals surface area (Å²) in [4.78, 5) is 7.91. The average Bonchev–Trinajstić information content (AvgIpc) is 2.46. The van der Waals surface area contributed by atoms with Gasteiger partial charge in [0.05, 0.1) is 26.0 Å². The quantitative estimate of drug-likeness (QED) is 0.908. The number of methoxy groups -OCH3 is 2.